The van der Waals surface area contributed by atoms with Crippen LogP contribution >= 0.6 is 0 Å². The van der Waals surface area contributed by atoms with Crippen LogP contribution in [-0.4, -0.2) is 75.4 Å². The third-order valence-electron chi connectivity index (χ3n) is 14.0. The quantitative estimate of drug-likeness (QED) is 0.0255. The number of rotatable bonds is 60. The number of unbranched alkanes of at least 4 members (excludes halogenated alkanes) is 18. The number of carbonyl (C=O) groups is 3. The van der Waals surface area contributed by atoms with Gasteiger partial charge in [-0.2, -0.15) is 0 Å². The van der Waals surface area contributed by atoms with Crippen molar-refractivity contribution in [1.29, 1.82) is 0 Å². The summed E-state index contributed by atoms with van der Waals surface area (Å²) in [5, 5.41) is 0. The second kappa shape index (κ2) is 66.0. The normalized spacial score (nSPS) is 14.1. The monoisotopic (exact) mass is 1170 g/mol. The van der Waals surface area contributed by atoms with E-state index in [4.69, 9.17) is 28.4 Å². The Morgan fingerprint density at radius 3 is 0.833 bits per heavy atom. The van der Waals surface area contributed by atoms with Crippen molar-refractivity contribution in [3.05, 3.63) is 134 Å². The molecule has 9 nitrogen and oxygen atoms in total. The third-order valence-corrected chi connectivity index (χ3v) is 14.0. The molecule has 4 atom stereocenters. The number of esters is 3. The van der Waals surface area contributed by atoms with Crippen LogP contribution in [0.3, 0.4) is 0 Å². The minimum Gasteiger partial charge on any atom is -0.460 e. The van der Waals surface area contributed by atoms with Gasteiger partial charge in [-0.3, -0.25) is 0 Å². The highest BCUT2D eigenvalue weighted by Gasteiger charge is 2.28. The van der Waals surface area contributed by atoms with E-state index < -0.39 is 42.3 Å². The maximum atomic E-state index is 13.5. The summed E-state index contributed by atoms with van der Waals surface area (Å²) in [4.78, 5) is 40.2. The molecular formula is C75H124O9. The lowest BCUT2D eigenvalue weighted by molar-refractivity contribution is -0.181. The summed E-state index contributed by atoms with van der Waals surface area (Å²) in [5.74, 6) is -1.68. The van der Waals surface area contributed by atoms with Crippen molar-refractivity contribution < 1.29 is 42.8 Å². The molecule has 0 spiro atoms. The molecule has 0 radical (unpaired) electrons. The fraction of sp³-hybridized carbons (Fsp3) is 0.667. The highest BCUT2D eigenvalue weighted by Crippen LogP contribution is 2.15. The zero-order valence-electron chi connectivity index (χ0n) is 54.5. The number of hydrogen-bond donors (Lipinski definition) is 0. The molecule has 0 N–H and O–H groups in total. The molecule has 0 aliphatic carbocycles. The molecule has 0 fully saturated rings. The van der Waals surface area contributed by atoms with Crippen molar-refractivity contribution in [3.63, 3.8) is 0 Å². The molecule has 0 amide bonds. The molecule has 0 saturated carbocycles. The van der Waals surface area contributed by atoms with Crippen LogP contribution in [0.2, 0.25) is 0 Å². The fourth-order valence-electron chi connectivity index (χ4n) is 8.80. The van der Waals surface area contributed by atoms with Gasteiger partial charge < -0.3 is 28.4 Å². The molecule has 0 aliphatic rings. The van der Waals surface area contributed by atoms with E-state index in [0.717, 1.165) is 128 Å². The highest BCUT2D eigenvalue weighted by atomic mass is 16.6. The van der Waals surface area contributed by atoms with Gasteiger partial charge in [-0.25, -0.2) is 14.4 Å². The Morgan fingerprint density at radius 2 is 0.536 bits per heavy atom. The summed E-state index contributed by atoms with van der Waals surface area (Å²) in [6, 6.07) is 0. The summed E-state index contributed by atoms with van der Waals surface area (Å²) < 4.78 is 35.3. The molecule has 0 heterocycles. The topological polar surface area (TPSA) is 107 Å². The first-order valence-corrected chi connectivity index (χ1v) is 33.9. The van der Waals surface area contributed by atoms with Crippen LogP contribution < -0.4 is 0 Å². The van der Waals surface area contributed by atoms with Crippen molar-refractivity contribution >= 4 is 17.9 Å². The van der Waals surface area contributed by atoms with E-state index in [-0.39, 0.29) is 13.2 Å². The molecule has 84 heavy (non-hydrogen) atoms. The zero-order valence-corrected chi connectivity index (χ0v) is 54.5. The van der Waals surface area contributed by atoms with Crippen molar-refractivity contribution in [2.45, 2.75) is 291 Å². The van der Waals surface area contributed by atoms with Crippen molar-refractivity contribution in [2.24, 2.45) is 0 Å². The van der Waals surface area contributed by atoms with Gasteiger partial charge in [0.2, 0.25) is 0 Å². The van der Waals surface area contributed by atoms with Gasteiger partial charge >= 0.3 is 17.9 Å². The second-order valence-corrected chi connectivity index (χ2v) is 21.7. The Balaban J connectivity index is 5.05. The van der Waals surface area contributed by atoms with E-state index in [1.54, 1.807) is 0 Å². The highest BCUT2D eigenvalue weighted by molar-refractivity contribution is 5.76. The van der Waals surface area contributed by atoms with Crippen LogP contribution in [0.4, 0.5) is 0 Å². The first-order chi connectivity index (χ1) is 41.4. The minimum absolute atomic E-state index is 0.293. The molecule has 0 saturated heterocycles. The van der Waals surface area contributed by atoms with Gasteiger partial charge in [0.1, 0.15) is 13.2 Å². The second-order valence-electron chi connectivity index (χ2n) is 21.7. The smallest absolute Gasteiger partial charge is 0.335 e. The summed E-state index contributed by atoms with van der Waals surface area (Å²) in [7, 11) is 0. The van der Waals surface area contributed by atoms with Crippen LogP contribution in [0, 0.1) is 0 Å². The van der Waals surface area contributed by atoms with E-state index in [1.165, 1.54) is 77.0 Å². The van der Waals surface area contributed by atoms with Gasteiger partial charge in [0.15, 0.2) is 24.4 Å². The van der Waals surface area contributed by atoms with Crippen LogP contribution in [0.1, 0.15) is 266 Å². The maximum absolute atomic E-state index is 13.5. The third kappa shape index (κ3) is 55.3. The minimum atomic E-state index is -1.04. The largest absolute Gasteiger partial charge is 0.460 e. The molecule has 0 aromatic carbocycles. The number of carbonyl (C=O) groups excluding carboxylic acids is 3. The average Bonchev–Trinajstić information content (AvgIpc) is 3.59. The Labute approximate surface area is 515 Å². The lowest BCUT2D eigenvalue weighted by Gasteiger charge is -2.23. The predicted octanol–water partition coefficient (Wildman–Crippen LogP) is 21.0. The molecule has 9 heteroatoms. The fourth-order valence-corrected chi connectivity index (χ4v) is 8.80. The molecule has 478 valence electrons. The van der Waals surface area contributed by atoms with Crippen molar-refractivity contribution in [2.75, 3.05) is 33.0 Å². The van der Waals surface area contributed by atoms with Gasteiger partial charge in [-0.1, -0.05) is 246 Å². The van der Waals surface area contributed by atoms with E-state index in [0.29, 0.717) is 39.1 Å². The first kappa shape index (κ1) is 79.4. The molecule has 0 bridgehead atoms. The molecule has 0 aromatic heterocycles. The molecule has 0 rings (SSSR count). The van der Waals surface area contributed by atoms with Crippen molar-refractivity contribution in [3.8, 4) is 0 Å². The SMILES string of the molecule is CCC=CCC=CCC=CCC=CCC=CCCCCOC(CC)C(=O)OCC(COC(=O)C(CC)OCCCCC=CCCCCCCCCCCCCCC)OC(=O)C(CC)OCCCCC=CCC=CCC=CCC=CCC=CCC. The summed E-state index contributed by atoms with van der Waals surface area (Å²) >= 11 is 0. The summed E-state index contributed by atoms with van der Waals surface area (Å²) in [6.07, 6.45) is 81.7. The number of allylic oxidation sites excluding steroid dienone is 22. The van der Waals surface area contributed by atoms with Gasteiger partial charge in [0.05, 0.1) is 0 Å². The van der Waals surface area contributed by atoms with Crippen LogP contribution in [-0.2, 0) is 42.8 Å². The van der Waals surface area contributed by atoms with E-state index in [2.05, 4.69) is 154 Å². The lowest BCUT2D eigenvalue weighted by Crippen LogP contribution is -2.38. The molecule has 0 aliphatic heterocycles. The van der Waals surface area contributed by atoms with Crippen LogP contribution in [0.15, 0.2) is 134 Å². The van der Waals surface area contributed by atoms with Gasteiger partial charge in [-0.15, -0.1) is 0 Å². The average molecular weight is 1170 g/mol. The lowest BCUT2D eigenvalue weighted by atomic mass is 10.0. The van der Waals surface area contributed by atoms with E-state index in [1.807, 2.05) is 20.8 Å². The molecule has 0 aromatic rings. The Bertz CT molecular complexity index is 1830. The number of ether oxygens (including phenoxy) is 6. The standard InChI is InChI=1S/C75H124O9/c1-7-13-16-19-22-25-28-31-34-37-40-43-46-49-52-55-58-61-64-79-70(10-4)73(76)82-67-69(84-75(78)72(12-6)81-66-63-60-57-54-51-48-45-42-39-36-33-30-27-24-21-18-15-9-3)68-83-74(77)71(11-5)80-65-62-59-56-53-50-47-44-41-38-35-32-29-26-23-20-17-14-8-2/h13,15-16,18,22,24-25,27,31,33-34,36,40,42-43,45,49-54,69-72H,7-12,14,17,19-21,23,26,28-30,32,35,37-39,41,44,46-48,55-68H2,1-6H3. The van der Waals surface area contributed by atoms with E-state index >= 15 is 0 Å². The summed E-state index contributed by atoms with van der Waals surface area (Å²) in [5.41, 5.74) is 0. The van der Waals surface area contributed by atoms with Crippen molar-refractivity contribution in [1.82, 2.24) is 0 Å². The van der Waals surface area contributed by atoms with Gasteiger partial charge in [0, 0.05) is 19.8 Å². The predicted molar refractivity (Wildman–Crippen MR) is 357 cm³/mol. The molecular weight excluding hydrogens is 1040 g/mol. The first-order valence-electron chi connectivity index (χ1n) is 33.9. The Morgan fingerprint density at radius 1 is 0.286 bits per heavy atom. The number of hydrogen-bond acceptors (Lipinski definition) is 9. The summed E-state index contributed by atoms with van der Waals surface area (Å²) in [6.45, 7) is 12.9. The zero-order chi connectivity index (χ0) is 61.1. The van der Waals surface area contributed by atoms with Gasteiger partial charge in [0.25, 0.3) is 0 Å². The van der Waals surface area contributed by atoms with Crippen LogP contribution in [0.25, 0.3) is 0 Å². The maximum Gasteiger partial charge on any atom is 0.335 e. The van der Waals surface area contributed by atoms with E-state index in [9.17, 15) is 14.4 Å². The molecule has 4 unspecified atom stereocenters. The van der Waals surface area contributed by atoms with Crippen LogP contribution in [0.5, 0.6) is 0 Å². The Kier molecular flexibility index (Phi) is 62.4. The van der Waals surface area contributed by atoms with Gasteiger partial charge in [-0.05, 0) is 154 Å². The Hall–Kier alpha value is -4.57.